The molecule has 0 aliphatic heterocycles. The summed E-state index contributed by atoms with van der Waals surface area (Å²) < 4.78 is 0. The summed E-state index contributed by atoms with van der Waals surface area (Å²) in [5, 5.41) is 6.19. The Labute approximate surface area is 146 Å². The summed E-state index contributed by atoms with van der Waals surface area (Å²) in [6.07, 6.45) is 4.25. The molecule has 1 aromatic rings. The summed E-state index contributed by atoms with van der Waals surface area (Å²) in [6.45, 7) is 3.90. The van der Waals surface area contributed by atoms with E-state index in [0.29, 0.717) is 5.02 Å². The highest BCUT2D eigenvalue weighted by atomic mass is 35.5. The average molecular weight is 357 g/mol. The van der Waals surface area contributed by atoms with Gasteiger partial charge in [-0.1, -0.05) is 36.2 Å². The van der Waals surface area contributed by atoms with Gasteiger partial charge in [-0.2, -0.15) is 0 Å². The van der Waals surface area contributed by atoms with Gasteiger partial charge < -0.3 is 10.6 Å². The molecule has 0 aromatic heterocycles. The van der Waals surface area contributed by atoms with Crippen molar-refractivity contribution >= 4 is 35.0 Å². The van der Waals surface area contributed by atoms with Crippen LogP contribution >= 0.6 is 23.2 Å². The largest absolute Gasteiger partial charge is 0.352 e. The topological polar surface area (TPSA) is 58.2 Å². The van der Waals surface area contributed by atoms with Gasteiger partial charge in [0.1, 0.15) is 6.04 Å². The maximum absolute atomic E-state index is 12.2. The van der Waals surface area contributed by atoms with Gasteiger partial charge in [0.05, 0.1) is 15.6 Å². The van der Waals surface area contributed by atoms with E-state index >= 15 is 0 Å². The maximum atomic E-state index is 12.2. The van der Waals surface area contributed by atoms with E-state index in [1.54, 1.807) is 25.1 Å². The number of benzene rings is 1. The Morgan fingerprint density at radius 3 is 2.48 bits per heavy atom. The van der Waals surface area contributed by atoms with Gasteiger partial charge in [0.2, 0.25) is 5.91 Å². The lowest BCUT2D eigenvalue weighted by Gasteiger charge is -2.28. The van der Waals surface area contributed by atoms with Crippen molar-refractivity contribution in [3.63, 3.8) is 0 Å². The molecule has 2 amide bonds. The van der Waals surface area contributed by atoms with Crippen molar-refractivity contribution in [3.05, 3.63) is 33.8 Å². The van der Waals surface area contributed by atoms with E-state index in [1.807, 2.05) is 0 Å². The first-order chi connectivity index (χ1) is 10.9. The number of rotatable bonds is 4. The number of hydrogen-bond donors (Lipinski definition) is 2. The molecule has 0 heterocycles. The molecule has 1 atom stereocenters. The normalized spacial score (nSPS) is 22.3. The fourth-order valence-electron chi connectivity index (χ4n) is 2.75. The summed E-state index contributed by atoms with van der Waals surface area (Å²) >= 11 is 11.9. The molecule has 0 spiro atoms. The monoisotopic (exact) mass is 356 g/mol. The number of halogens is 2. The van der Waals surface area contributed by atoms with Crippen molar-refractivity contribution in [2.24, 2.45) is 5.92 Å². The zero-order valence-electron chi connectivity index (χ0n) is 13.4. The highest BCUT2D eigenvalue weighted by molar-refractivity contribution is 6.43. The Morgan fingerprint density at radius 2 is 1.83 bits per heavy atom. The van der Waals surface area contributed by atoms with Gasteiger partial charge in [-0.3, -0.25) is 9.59 Å². The molecule has 1 saturated carbocycles. The first-order valence-electron chi connectivity index (χ1n) is 7.93. The van der Waals surface area contributed by atoms with E-state index in [0.717, 1.165) is 31.6 Å². The minimum Gasteiger partial charge on any atom is -0.352 e. The van der Waals surface area contributed by atoms with Crippen LogP contribution in [0.1, 0.15) is 49.9 Å². The predicted molar refractivity (Wildman–Crippen MR) is 93.0 cm³/mol. The Balaban J connectivity index is 1.90. The van der Waals surface area contributed by atoms with E-state index in [9.17, 15) is 9.59 Å². The third-order valence-corrected chi connectivity index (χ3v) is 5.12. The van der Waals surface area contributed by atoms with Crippen LogP contribution in [0.15, 0.2) is 18.2 Å². The van der Waals surface area contributed by atoms with Crippen molar-refractivity contribution in [3.8, 4) is 0 Å². The fraction of sp³-hybridized carbons (Fsp3) is 0.529. The summed E-state index contributed by atoms with van der Waals surface area (Å²) in [4.78, 5) is 24.5. The molecule has 0 radical (unpaired) electrons. The van der Waals surface area contributed by atoms with Gasteiger partial charge in [0.15, 0.2) is 0 Å². The molecular formula is C17H22Cl2N2O2. The molecule has 23 heavy (non-hydrogen) atoms. The second kappa shape index (κ2) is 8.02. The Hall–Kier alpha value is -1.26. The van der Waals surface area contributed by atoms with Crippen LogP contribution in [-0.4, -0.2) is 23.9 Å². The summed E-state index contributed by atoms with van der Waals surface area (Å²) in [5.41, 5.74) is 0.269. The van der Waals surface area contributed by atoms with Crippen molar-refractivity contribution in [1.82, 2.24) is 10.6 Å². The molecule has 6 heteroatoms. The smallest absolute Gasteiger partial charge is 0.253 e. The second-order valence-electron chi connectivity index (χ2n) is 6.26. The third-order valence-electron chi connectivity index (χ3n) is 4.30. The first kappa shape index (κ1) is 18.1. The number of hydrogen-bond acceptors (Lipinski definition) is 2. The summed E-state index contributed by atoms with van der Waals surface area (Å²) in [6, 6.07) is 4.42. The highest BCUT2D eigenvalue weighted by Crippen LogP contribution is 2.25. The van der Waals surface area contributed by atoms with Gasteiger partial charge in [0, 0.05) is 6.04 Å². The minimum atomic E-state index is -0.628. The number of carbonyl (C=O) groups is 2. The lowest BCUT2D eigenvalue weighted by molar-refractivity contribution is -0.123. The quantitative estimate of drug-likeness (QED) is 0.861. The molecule has 2 N–H and O–H groups in total. The van der Waals surface area contributed by atoms with E-state index < -0.39 is 11.9 Å². The van der Waals surface area contributed by atoms with Gasteiger partial charge in [0.25, 0.3) is 5.91 Å². The summed E-state index contributed by atoms with van der Waals surface area (Å²) in [5.74, 6) is 0.152. The van der Waals surface area contributed by atoms with Crippen molar-refractivity contribution in [2.75, 3.05) is 0 Å². The van der Waals surface area contributed by atoms with Crippen LogP contribution in [0.25, 0.3) is 0 Å². The molecule has 0 bridgehead atoms. The lowest BCUT2D eigenvalue weighted by atomic mass is 9.87. The molecule has 1 unspecified atom stereocenters. The Kier molecular flexibility index (Phi) is 6.31. The van der Waals surface area contributed by atoms with Gasteiger partial charge in [-0.15, -0.1) is 0 Å². The van der Waals surface area contributed by atoms with Gasteiger partial charge in [-0.25, -0.2) is 0 Å². The Morgan fingerprint density at radius 1 is 1.17 bits per heavy atom. The lowest BCUT2D eigenvalue weighted by Crippen LogP contribution is -2.48. The van der Waals surface area contributed by atoms with E-state index in [-0.39, 0.29) is 22.5 Å². The van der Waals surface area contributed by atoms with Gasteiger partial charge in [-0.05, 0) is 50.7 Å². The van der Waals surface area contributed by atoms with Crippen LogP contribution in [0.4, 0.5) is 0 Å². The molecule has 126 valence electrons. The average Bonchev–Trinajstić information content (AvgIpc) is 2.52. The molecule has 1 aliphatic rings. The molecule has 2 rings (SSSR count). The van der Waals surface area contributed by atoms with Crippen LogP contribution in [0.5, 0.6) is 0 Å². The van der Waals surface area contributed by atoms with Gasteiger partial charge >= 0.3 is 0 Å². The highest BCUT2D eigenvalue weighted by Gasteiger charge is 2.24. The van der Waals surface area contributed by atoms with Crippen molar-refractivity contribution in [2.45, 2.75) is 51.6 Å². The molecule has 0 saturated heterocycles. The second-order valence-corrected chi connectivity index (χ2v) is 7.05. The van der Waals surface area contributed by atoms with E-state index in [4.69, 9.17) is 23.2 Å². The molecule has 1 aromatic carbocycles. The molecule has 4 nitrogen and oxygen atoms in total. The predicted octanol–water partition coefficient (Wildman–Crippen LogP) is 3.81. The first-order valence-corrected chi connectivity index (χ1v) is 8.69. The zero-order valence-corrected chi connectivity index (χ0v) is 14.9. The Bertz CT molecular complexity index is 584. The van der Waals surface area contributed by atoms with Crippen LogP contribution in [0.2, 0.25) is 10.0 Å². The fourth-order valence-corrected chi connectivity index (χ4v) is 3.14. The van der Waals surface area contributed by atoms with E-state index in [1.165, 1.54) is 0 Å². The number of amides is 2. The number of nitrogens with one attached hydrogen (secondary N) is 2. The van der Waals surface area contributed by atoms with Crippen LogP contribution in [0.3, 0.4) is 0 Å². The van der Waals surface area contributed by atoms with Crippen LogP contribution in [0, 0.1) is 5.92 Å². The molecular weight excluding hydrogens is 335 g/mol. The van der Waals surface area contributed by atoms with Crippen molar-refractivity contribution in [1.29, 1.82) is 0 Å². The standard InChI is InChI=1S/C17H22Cl2N2O2/c1-10-6-8-12(9-7-10)21-16(22)11(2)20-17(23)13-4-3-5-14(18)15(13)19/h3-5,10-12H,6-9H2,1-2H3,(H,20,23)(H,21,22). The third kappa shape index (κ3) is 4.85. The molecule has 1 aliphatic carbocycles. The number of carbonyl (C=O) groups excluding carboxylic acids is 2. The maximum Gasteiger partial charge on any atom is 0.253 e. The zero-order chi connectivity index (χ0) is 17.0. The molecule has 1 fully saturated rings. The minimum absolute atomic E-state index is 0.170. The van der Waals surface area contributed by atoms with E-state index in [2.05, 4.69) is 17.6 Å². The summed E-state index contributed by atoms with van der Waals surface area (Å²) in [7, 11) is 0. The van der Waals surface area contributed by atoms with Crippen molar-refractivity contribution < 1.29 is 9.59 Å². The SMILES string of the molecule is CC1CCC(NC(=O)C(C)NC(=O)c2cccc(Cl)c2Cl)CC1. The van der Waals surface area contributed by atoms with Crippen LogP contribution < -0.4 is 10.6 Å². The van der Waals surface area contributed by atoms with Crippen LogP contribution in [-0.2, 0) is 4.79 Å².